The maximum absolute atomic E-state index is 10.7. The molecule has 94 valence electrons. The largest absolute Gasteiger partial charge is 0.297 e. The number of hydrogen-bond donors (Lipinski definition) is 0. The van der Waals surface area contributed by atoms with Gasteiger partial charge in [0.25, 0.3) is 0 Å². The van der Waals surface area contributed by atoms with Crippen LogP contribution in [0.2, 0.25) is 5.15 Å². The van der Waals surface area contributed by atoms with Crippen LogP contribution in [0.25, 0.3) is 0 Å². The van der Waals surface area contributed by atoms with Crippen molar-refractivity contribution in [3.05, 3.63) is 44.9 Å². The summed E-state index contributed by atoms with van der Waals surface area (Å²) < 4.78 is 0.834. The molecule has 1 heterocycles. The summed E-state index contributed by atoms with van der Waals surface area (Å²) in [6.45, 7) is 4.18. The molecule has 0 spiro atoms. The van der Waals surface area contributed by atoms with Crippen molar-refractivity contribution in [3.8, 4) is 0 Å². The number of aromatic nitrogens is 1. The topological polar surface area (TPSA) is 30.0 Å². The van der Waals surface area contributed by atoms with Crippen molar-refractivity contribution in [3.63, 3.8) is 0 Å². The van der Waals surface area contributed by atoms with E-state index < -0.39 is 0 Å². The van der Waals surface area contributed by atoms with E-state index >= 15 is 0 Å². The number of hydrogen-bond acceptors (Lipinski definition) is 4. The molecule has 0 saturated heterocycles. The van der Waals surface area contributed by atoms with Gasteiger partial charge in [0.1, 0.15) is 4.88 Å². The highest BCUT2D eigenvalue weighted by atomic mass is 35.5. The van der Waals surface area contributed by atoms with Crippen LogP contribution in [-0.2, 0) is 5.75 Å². The van der Waals surface area contributed by atoms with Crippen LogP contribution in [0, 0.1) is 13.8 Å². The summed E-state index contributed by atoms with van der Waals surface area (Å²) in [5.74, 6) is 0.838. The Bertz CT molecular complexity index is 560. The van der Waals surface area contributed by atoms with Crippen molar-refractivity contribution in [2.75, 3.05) is 0 Å². The maximum Gasteiger partial charge on any atom is 0.163 e. The minimum atomic E-state index is 0.304. The Kier molecular flexibility index (Phi) is 4.43. The second-order valence-electron chi connectivity index (χ2n) is 4.04. The van der Waals surface area contributed by atoms with Gasteiger partial charge >= 0.3 is 0 Å². The van der Waals surface area contributed by atoms with Crippen LogP contribution >= 0.6 is 34.7 Å². The summed E-state index contributed by atoms with van der Waals surface area (Å²) >= 11 is 8.78. The zero-order chi connectivity index (χ0) is 13.1. The normalized spacial score (nSPS) is 10.6. The molecule has 0 aliphatic carbocycles. The number of benzene rings is 1. The highest BCUT2D eigenvalue weighted by molar-refractivity contribution is 8.00. The Morgan fingerprint density at radius 1 is 1.33 bits per heavy atom. The third-order valence-electron chi connectivity index (χ3n) is 2.34. The number of carbonyl (C=O) groups is 1. The Labute approximate surface area is 119 Å². The van der Waals surface area contributed by atoms with Gasteiger partial charge in [0.05, 0.1) is 0 Å². The Balaban J connectivity index is 2.08. The predicted molar refractivity (Wildman–Crippen MR) is 78.0 cm³/mol. The van der Waals surface area contributed by atoms with Crippen LogP contribution in [0.4, 0.5) is 0 Å². The van der Waals surface area contributed by atoms with Crippen LogP contribution in [0.5, 0.6) is 0 Å². The van der Waals surface area contributed by atoms with Gasteiger partial charge in [0.15, 0.2) is 15.8 Å². The van der Waals surface area contributed by atoms with Crippen molar-refractivity contribution in [2.45, 2.75) is 23.9 Å². The molecular weight excluding hydrogens is 286 g/mol. The number of thiazole rings is 1. The number of rotatable bonds is 4. The van der Waals surface area contributed by atoms with E-state index in [1.54, 1.807) is 11.8 Å². The standard InChI is InChI=1S/C13H12ClNOS2/c1-8-3-9(2)5-10(4-8)7-17-13-15-12(14)11(6-16)18-13/h3-6H,7H2,1-2H3. The van der Waals surface area contributed by atoms with Gasteiger partial charge in [-0.25, -0.2) is 4.98 Å². The van der Waals surface area contributed by atoms with E-state index in [2.05, 4.69) is 37.0 Å². The van der Waals surface area contributed by atoms with Crippen LogP contribution in [-0.4, -0.2) is 11.3 Å². The van der Waals surface area contributed by atoms with Crippen LogP contribution in [0.1, 0.15) is 26.4 Å². The Morgan fingerprint density at radius 2 is 2.00 bits per heavy atom. The number of aryl methyl sites for hydroxylation is 2. The number of nitrogens with zero attached hydrogens (tertiary/aromatic N) is 1. The first-order chi connectivity index (χ1) is 8.58. The highest BCUT2D eigenvalue weighted by Gasteiger charge is 2.09. The van der Waals surface area contributed by atoms with Gasteiger partial charge in [0.2, 0.25) is 0 Å². The van der Waals surface area contributed by atoms with Gasteiger partial charge in [0, 0.05) is 5.75 Å². The first kappa shape index (κ1) is 13.6. The molecule has 0 unspecified atom stereocenters. The van der Waals surface area contributed by atoms with E-state index in [9.17, 15) is 4.79 Å². The SMILES string of the molecule is Cc1cc(C)cc(CSc2nc(Cl)c(C=O)s2)c1. The molecule has 1 aromatic heterocycles. The second kappa shape index (κ2) is 5.87. The van der Waals surface area contributed by atoms with E-state index in [-0.39, 0.29) is 0 Å². The third kappa shape index (κ3) is 3.34. The molecule has 0 radical (unpaired) electrons. The van der Waals surface area contributed by atoms with E-state index in [0.717, 1.165) is 16.4 Å². The first-order valence-corrected chi connectivity index (χ1v) is 7.58. The third-order valence-corrected chi connectivity index (χ3v) is 4.94. The molecule has 1 aromatic carbocycles. The zero-order valence-electron chi connectivity index (χ0n) is 10.1. The average Bonchev–Trinajstić information content (AvgIpc) is 2.66. The van der Waals surface area contributed by atoms with E-state index in [4.69, 9.17) is 11.6 Å². The van der Waals surface area contributed by atoms with E-state index in [1.165, 1.54) is 28.0 Å². The first-order valence-electron chi connectivity index (χ1n) is 5.40. The van der Waals surface area contributed by atoms with Crippen LogP contribution in [0.3, 0.4) is 0 Å². The molecule has 0 fully saturated rings. The Morgan fingerprint density at radius 3 is 2.56 bits per heavy atom. The summed E-state index contributed by atoms with van der Waals surface area (Å²) in [5.41, 5.74) is 3.78. The fourth-order valence-electron chi connectivity index (χ4n) is 1.73. The quantitative estimate of drug-likeness (QED) is 0.614. The molecule has 0 aliphatic rings. The van der Waals surface area contributed by atoms with Gasteiger partial charge in [-0.3, -0.25) is 4.79 Å². The lowest BCUT2D eigenvalue weighted by molar-refractivity contribution is 0.112. The molecule has 0 atom stereocenters. The lowest BCUT2D eigenvalue weighted by Gasteiger charge is -2.03. The molecule has 0 aliphatic heterocycles. The molecule has 2 aromatic rings. The van der Waals surface area contributed by atoms with Gasteiger partial charge in [-0.2, -0.15) is 0 Å². The van der Waals surface area contributed by atoms with Crippen LogP contribution in [0.15, 0.2) is 22.5 Å². The number of aldehydes is 1. The van der Waals surface area contributed by atoms with Crippen molar-refractivity contribution in [1.82, 2.24) is 4.98 Å². The summed E-state index contributed by atoms with van der Waals surface area (Å²) in [4.78, 5) is 15.3. The van der Waals surface area contributed by atoms with Gasteiger partial charge in [-0.15, -0.1) is 11.3 Å². The summed E-state index contributed by atoms with van der Waals surface area (Å²) in [6.07, 6.45) is 0.751. The second-order valence-corrected chi connectivity index (χ2v) is 6.65. The number of halogens is 1. The molecule has 0 bridgehead atoms. The molecule has 5 heteroatoms. The maximum atomic E-state index is 10.7. The van der Waals surface area contributed by atoms with Crippen molar-refractivity contribution in [2.24, 2.45) is 0 Å². The van der Waals surface area contributed by atoms with E-state index in [0.29, 0.717) is 10.0 Å². The van der Waals surface area contributed by atoms with Gasteiger partial charge in [-0.05, 0) is 19.4 Å². The van der Waals surface area contributed by atoms with Crippen molar-refractivity contribution >= 4 is 41.0 Å². The summed E-state index contributed by atoms with van der Waals surface area (Å²) in [7, 11) is 0. The summed E-state index contributed by atoms with van der Waals surface area (Å²) in [6, 6.07) is 6.48. The van der Waals surface area contributed by atoms with Gasteiger partial charge in [-0.1, -0.05) is 52.7 Å². The van der Waals surface area contributed by atoms with E-state index in [1.807, 2.05) is 0 Å². The smallest absolute Gasteiger partial charge is 0.163 e. The minimum Gasteiger partial charge on any atom is -0.297 e. The molecule has 18 heavy (non-hydrogen) atoms. The minimum absolute atomic E-state index is 0.304. The Hall–Kier alpha value is -0.840. The molecule has 2 nitrogen and oxygen atoms in total. The van der Waals surface area contributed by atoms with Gasteiger partial charge < -0.3 is 0 Å². The predicted octanol–water partition coefficient (Wildman–Crippen LogP) is 4.52. The molecule has 2 rings (SSSR count). The number of thioether (sulfide) groups is 1. The highest BCUT2D eigenvalue weighted by Crippen LogP contribution is 2.31. The lowest BCUT2D eigenvalue weighted by Crippen LogP contribution is -1.84. The fraction of sp³-hybridized carbons (Fsp3) is 0.231. The van der Waals surface area contributed by atoms with Crippen molar-refractivity contribution < 1.29 is 4.79 Å². The molecule has 0 amide bonds. The number of carbonyl (C=O) groups excluding carboxylic acids is 1. The lowest BCUT2D eigenvalue weighted by atomic mass is 10.1. The fourth-order valence-corrected chi connectivity index (χ4v) is 3.87. The van der Waals surface area contributed by atoms with Crippen LogP contribution < -0.4 is 0 Å². The monoisotopic (exact) mass is 297 g/mol. The summed E-state index contributed by atoms with van der Waals surface area (Å²) in [5, 5.41) is 0.304. The molecule has 0 saturated carbocycles. The average molecular weight is 298 g/mol. The van der Waals surface area contributed by atoms with Crippen molar-refractivity contribution in [1.29, 1.82) is 0 Å². The molecular formula is C13H12ClNOS2. The molecule has 0 N–H and O–H groups in total. The zero-order valence-corrected chi connectivity index (χ0v) is 12.5.